The summed E-state index contributed by atoms with van der Waals surface area (Å²) < 4.78 is 0. The van der Waals surface area contributed by atoms with Crippen LogP contribution in [0.4, 0.5) is 5.69 Å². The van der Waals surface area contributed by atoms with Gasteiger partial charge in [-0.25, -0.2) is 0 Å². The van der Waals surface area contributed by atoms with E-state index in [9.17, 15) is 9.59 Å². The number of nitrogens with one attached hydrogen (secondary N) is 1. The number of rotatable bonds is 3. The summed E-state index contributed by atoms with van der Waals surface area (Å²) in [6, 6.07) is 7.68. The van der Waals surface area contributed by atoms with E-state index >= 15 is 0 Å². The van der Waals surface area contributed by atoms with Crippen LogP contribution in [0.25, 0.3) is 0 Å². The van der Waals surface area contributed by atoms with E-state index in [1.807, 2.05) is 38.1 Å². The lowest BCUT2D eigenvalue weighted by molar-refractivity contribution is -0.127. The van der Waals surface area contributed by atoms with Crippen LogP contribution in [0.2, 0.25) is 0 Å². The molecule has 1 atom stereocenters. The summed E-state index contributed by atoms with van der Waals surface area (Å²) in [5.74, 6) is -0.244. The molecular formula is C16H21N3O2. The highest BCUT2D eigenvalue weighted by atomic mass is 16.2. The SMILES string of the molecule is CCC(=O)NC1N=C(C(C)C)c2ccccc2N(C)C1=O. The van der Waals surface area contributed by atoms with Gasteiger partial charge in [-0.05, 0) is 12.0 Å². The average Bonchev–Trinajstić information content (AvgIpc) is 2.58. The summed E-state index contributed by atoms with van der Waals surface area (Å²) in [6.07, 6.45) is -0.528. The van der Waals surface area contributed by atoms with Crippen LogP contribution in [0.3, 0.4) is 0 Å². The van der Waals surface area contributed by atoms with Crippen molar-refractivity contribution in [3.05, 3.63) is 29.8 Å². The van der Waals surface area contributed by atoms with Crippen molar-refractivity contribution in [2.24, 2.45) is 10.9 Å². The number of benzodiazepines with no additional fused rings is 1. The second-order valence-electron chi connectivity index (χ2n) is 5.41. The molecule has 0 saturated carbocycles. The third-order valence-corrected chi connectivity index (χ3v) is 3.54. The summed E-state index contributed by atoms with van der Waals surface area (Å²) in [7, 11) is 1.71. The maximum Gasteiger partial charge on any atom is 0.272 e. The Morgan fingerprint density at radius 1 is 1.38 bits per heavy atom. The molecule has 0 spiro atoms. The molecule has 5 heteroatoms. The summed E-state index contributed by atoms with van der Waals surface area (Å²) in [5, 5.41) is 2.69. The highest BCUT2D eigenvalue weighted by molar-refractivity contribution is 6.13. The number of likely N-dealkylation sites (N-methyl/N-ethyl adjacent to an activating group) is 1. The van der Waals surface area contributed by atoms with E-state index in [2.05, 4.69) is 10.3 Å². The fraction of sp³-hybridized carbons (Fsp3) is 0.438. The van der Waals surface area contributed by atoms with Crippen molar-refractivity contribution < 1.29 is 9.59 Å². The molecule has 0 aliphatic carbocycles. The van der Waals surface area contributed by atoms with Crippen LogP contribution in [0.15, 0.2) is 29.3 Å². The fourth-order valence-electron chi connectivity index (χ4n) is 2.36. The second kappa shape index (κ2) is 6.08. The zero-order chi connectivity index (χ0) is 15.6. The van der Waals surface area contributed by atoms with E-state index in [1.165, 1.54) is 0 Å². The van der Waals surface area contributed by atoms with Crippen molar-refractivity contribution in [3.63, 3.8) is 0 Å². The monoisotopic (exact) mass is 287 g/mol. The van der Waals surface area contributed by atoms with Gasteiger partial charge in [-0.1, -0.05) is 39.0 Å². The van der Waals surface area contributed by atoms with Crippen LogP contribution in [0, 0.1) is 5.92 Å². The molecule has 21 heavy (non-hydrogen) atoms. The Kier molecular flexibility index (Phi) is 4.40. The molecule has 1 aliphatic rings. The molecule has 1 unspecified atom stereocenters. The van der Waals surface area contributed by atoms with Crippen molar-refractivity contribution >= 4 is 23.2 Å². The molecule has 0 aromatic heterocycles. The number of nitrogens with zero attached hydrogens (tertiary/aromatic N) is 2. The first-order chi connectivity index (χ1) is 9.95. The van der Waals surface area contributed by atoms with Gasteiger partial charge in [0.1, 0.15) is 0 Å². The van der Waals surface area contributed by atoms with Crippen LogP contribution in [-0.2, 0) is 9.59 Å². The van der Waals surface area contributed by atoms with Crippen molar-refractivity contribution in [2.75, 3.05) is 11.9 Å². The van der Waals surface area contributed by atoms with E-state index in [0.717, 1.165) is 17.0 Å². The van der Waals surface area contributed by atoms with Crippen molar-refractivity contribution in [2.45, 2.75) is 33.4 Å². The molecule has 1 aromatic rings. The van der Waals surface area contributed by atoms with Gasteiger partial charge >= 0.3 is 0 Å². The number of aliphatic imine (C=N–C) groups is 1. The molecule has 5 nitrogen and oxygen atoms in total. The lowest BCUT2D eigenvalue weighted by atomic mass is 9.98. The summed E-state index contributed by atoms with van der Waals surface area (Å²) in [4.78, 5) is 30.3. The van der Waals surface area contributed by atoms with Gasteiger partial charge in [0.15, 0.2) is 0 Å². The number of carbonyl (C=O) groups excluding carboxylic acids is 2. The lowest BCUT2D eigenvalue weighted by Gasteiger charge is -2.20. The Labute approximate surface area is 125 Å². The minimum Gasteiger partial charge on any atom is -0.327 e. The van der Waals surface area contributed by atoms with Crippen molar-refractivity contribution in [3.8, 4) is 0 Å². The number of fused-ring (bicyclic) bond motifs is 1. The Bertz CT molecular complexity index is 593. The smallest absolute Gasteiger partial charge is 0.272 e. The normalized spacial score (nSPS) is 18.1. The number of amides is 2. The Morgan fingerprint density at radius 2 is 2.05 bits per heavy atom. The standard InChI is InChI=1S/C16H21N3O2/c1-5-13(20)17-15-16(21)19(4)12-9-7-6-8-11(12)14(18-15)10(2)3/h6-10,15H,5H2,1-4H3,(H,17,20). The molecule has 2 rings (SSSR count). The molecule has 1 aromatic carbocycles. The fourth-order valence-corrected chi connectivity index (χ4v) is 2.36. The van der Waals surface area contributed by atoms with Crippen LogP contribution in [0.1, 0.15) is 32.8 Å². The molecular weight excluding hydrogens is 266 g/mol. The van der Waals surface area contributed by atoms with Gasteiger partial charge in [-0.2, -0.15) is 0 Å². The zero-order valence-corrected chi connectivity index (χ0v) is 12.9. The number of para-hydroxylation sites is 1. The van der Waals surface area contributed by atoms with E-state index in [1.54, 1.807) is 18.9 Å². The van der Waals surface area contributed by atoms with Crippen LogP contribution in [0.5, 0.6) is 0 Å². The topological polar surface area (TPSA) is 61.8 Å². The molecule has 2 amide bonds. The van der Waals surface area contributed by atoms with Crippen LogP contribution in [-0.4, -0.2) is 30.7 Å². The van der Waals surface area contributed by atoms with Crippen molar-refractivity contribution in [1.82, 2.24) is 5.32 Å². The quantitative estimate of drug-likeness (QED) is 0.923. The number of hydrogen-bond acceptors (Lipinski definition) is 3. The maximum atomic E-state index is 12.5. The molecule has 112 valence electrons. The first-order valence-corrected chi connectivity index (χ1v) is 7.19. The van der Waals surface area contributed by atoms with Gasteiger partial charge in [-0.15, -0.1) is 0 Å². The van der Waals surface area contributed by atoms with E-state index < -0.39 is 6.17 Å². The predicted octanol–water partition coefficient (Wildman–Crippen LogP) is 1.96. The Hall–Kier alpha value is -2.17. The van der Waals surface area contributed by atoms with E-state index in [0.29, 0.717) is 6.42 Å². The third-order valence-electron chi connectivity index (χ3n) is 3.54. The lowest BCUT2D eigenvalue weighted by Crippen LogP contribution is -2.45. The summed E-state index contributed by atoms with van der Waals surface area (Å²) in [5.41, 5.74) is 2.60. The minimum atomic E-state index is -0.854. The Balaban J connectivity index is 2.52. The molecule has 0 saturated heterocycles. The molecule has 0 fully saturated rings. The zero-order valence-electron chi connectivity index (χ0n) is 12.9. The number of hydrogen-bond donors (Lipinski definition) is 1. The molecule has 1 N–H and O–H groups in total. The number of benzene rings is 1. The van der Waals surface area contributed by atoms with Gasteiger partial charge in [0.05, 0.1) is 5.69 Å². The van der Waals surface area contributed by atoms with E-state index in [4.69, 9.17) is 0 Å². The number of carbonyl (C=O) groups is 2. The number of anilines is 1. The van der Waals surface area contributed by atoms with E-state index in [-0.39, 0.29) is 17.7 Å². The van der Waals surface area contributed by atoms with Gasteiger partial charge in [-0.3, -0.25) is 14.6 Å². The second-order valence-corrected chi connectivity index (χ2v) is 5.41. The molecule has 0 radical (unpaired) electrons. The summed E-state index contributed by atoms with van der Waals surface area (Å²) >= 11 is 0. The molecule has 1 aliphatic heterocycles. The van der Waals surface area contributed by atoms with Crippen LogP contribution >= 0.6 is 0 Å². The van der Waals surface area contributed by atoms with Gasteiger partial charge in [0.2, 0.25) is 12.1 Å². The van der Waals surface area contributed by atoms with Gasteiger partial charge < -0.3 is 10.2 Å². The Morgan fingerprint density at radius 3 is 2.67 bits per heavy atom. The van der Waals surface area contributed by atoms with Gasteiger partial charge in [0.25, 0.3) is 5.91 Å². The third kappa shape index (κ3) is 2.96. The maximum absolute atomic E-state index is 12.5. The van der Waals surface area contributed by atoms with Crippen molar-refractivity contribution in [1.29, 1.82) is 0 Å². The highest BCUT2D eigenvalue weighted by Gasteiger charge is 2.30. The predicted molar refractivity (Wildman–Crippen MR) is 83.4 cm³/mol. The first-order valence-electron chi connectivity index (χ1n) is 7.19. The largest absolute Gasteiger partial charge is 0.327 e. The average molecular weight is 287 g/mol. The summed E-state index contributed by atoms with van der Waals surface area (Å²) in [6.45, 7) is 5.82. The minimum absolute atomic E-state index is 0.159. The van der Waals surface area contributed by atoms with Gasteiger partial charge in [0, 0.05) is 24.7 Å². The molecule has 1 heterocycles. The first kappa shape index (κ1) is 15.2. The molecule has 0 bridgehead atoms. The highest BCUT2D eigenvalue weighted by Crippen LogP contribution is 2.26. The van der Waals surface area contributed by atoms with Crippen LogP contribution < -0.4 is 10.2 Å².